The van der Waals surface area contributed by atoms with Crippen molar-refractivity contribution in [3.8, 4) is 0 Å². The highest BCUT2D eigenvalue weighted by Gasteiger charge is 2.65. The molecular weight excluding hydrogens is 404 g/mol. The van der Waals surface area contributed by atoms with Gasteiger partial charge in [0.2, 0.25) is 0 Å². The maximum absolute atomic E-state index is 11.9. The Labute approximate surface area is 193 Å². The van der Waals surface area contributed by atoms with Crippen LogP contribution < -0.4 is 0 Å². The molecule has 0 aliphatic heterocycles. The molecule has 0 bridgehead atoms. The summed E-state index contributed by atoms with van der Waals surface area (Å²) in [6.07, 6.45) is 7.79. The SMILES string of the molecule is C=C1C(=CC=C2CCC[C@@]3(C)[C@H]2CC[C@]3(O)[C@@](C)(O)CC(O)CC(C)C)C[C@H](O)C[C@H]1O. The zero-order valence-corrected chi connectivity index (χ0v) is 20.3. The molecule has 3 aliphatic rings. The second-order valence-corrected chi connectivity index (χ2v) is 11.6. The fourth-order valence-electron chi connectivity index (χ4n) is 6.86. The summed E-state index contributed by atoms with van der Waals surface area (Å²) in [4.78, 5) is 0. The van der Waals surface area contributed by atoms with Crippen molar-refractivity contribution in [2.75, 3.05) is 0 Å². The van der Waals surface area contributed by atoms with Gasteiger partial charge >= 0.3 is 0 Å². The number of fused-ring (bicyclic) bond motifs is 1. The summed E-state index contributed by atoms with van der Waals surface area (Å²) in [5, 5.41) is 54.1. The number of hydrogen-bond donors (Lipinski definition) is 5. The predicted molar refractivity (Wildman–Crippen MR) is 127 cm³/mol. The van der Waals surface area contributed by atoms with E-state index in [0.29, 0.717) is 37.2 Å². The highest BCUT2D eigenvalue weighted by atomic mass is 16.4. The summed E-state index contributed by atoms with van der Waals surface area (Å²) in [5.74, 6) is 0.477. The van der Waals surface area contributed by atoms with Crippen molar-refractivity contribution in [2.24, 2.45) is 17.3 Å². The van der Waals surface area contributed by atoms with Gasteiger partial charge in [-0.1, -0.05) is 45.1 Å². The Kier molecular flexibility index (Phi) is 7.49. The van der Waals surface area contributed by atoms with Crippen molar-refractivity contribution in [3.63, 3.8) is 0 Å². The molecule has 0 aromatic heterocycles. The van der Waals surface area contributed by atoms with Crippen LogP contribution in [0.1, 0.15) is 85.5 Å². The van der Waals surface area contributed by atoms with Crippen LogP contribution in [0.2, 0.25) is 0 Å². The van der Waals surface area contributed by atoms with E-state index in [9.17, 15) is 25.5 Å². The van der Waals surface area contributed by atoms with Crippen molar-refractivity contribution in [1.29, 1.82) is 0 Å². The van der Waals surface area contributed by atoms with Gasteiger partial charge in [0.15, 0.2) is 0 Å². The Morgan fingerprint density at radius 2 is 1.91 bits per heavy atom. The Hall–Kier alpha value is -0.980. The molecule has 5 N–H and O–H groups in total. The van der Waals surface area contributed by atoms with E-state index in [0.717, 1.165) is 31.3 Å². The predicted octanol–water partition coefficient (Wildman–Crippen LogP) is 3.79. The lowest BCUT2D eigenvalue weighted by Gasteiger charge is -2.53. The minimum absolute atomic E-state index is 0.151. The largest absolute Gasteiger partial charge is 0.393 e. The number of rotatable bonds is 6. The second kappa shape index (κ2) is 9.34. The fourth-order valence-corrected chi connectivity index (χ4v) is 6.86. The average molecular weight is 449 g/mol. The molecule has 32 heavy (non-hydrogen) atoms. The third-order valence-electron chi connectivity index (χ3n) is 8.65. The van der Waals surface area contributed by atoms with Crippen LogP contribution in [0.4, 0.5) is 0 Å². The van der Waals surface area contributed by atoms with Crippen LogP contribution in [-0.2, 0) is 0 Å². The van der Waals surface area contributed by atoms with Gasteiger partial charge in [0.25, 0.3) is 0 Å². The third kappa shape index (κ3) is 4.65. The Morgan fingerprint density at radius 3 is 2.56 bits per heavy atom. The van der Waals surface area contributed by atoms with Gasteiger partial charge in [0.1, 0.15) is 0 Å². The van der Waals surface area contributed by atoms with Gasteiger partial charge in [-0.05, 0) is 74.9 Å². The van der Waals surface area contributed by atoms with Gasteiger partial charge in [-0.2, -0.15) is 0 Å². The average Bonchev–Trinajstić information content (AvgIpc) is 2.95. The van der Waals surface area contributed by atoms with Gasteiger partial charge < -0.3 is 25.5 Å². The fraction of sp³-hybridized carbons (Fsp3) is 0.778. The molecule has 3 rings (SSSR count). The molecule has 0 heterocycles. The molecule has 3 aliphatic carbocycles. The lowest BCUT2D eigenvalue weighted by molar-refractivity contribution is -0.211. The normalized spacial score (nSPS) is 41.2. The van der Waals surface area contributed by atoms with Crippen molar-refractivity contribution >= 4 is 0 Å². The molecule has 0 saturated heterocycles. The maximum atomic E-state index is 11.9. The first kappa shape index (κ1) is 25.6. The number of aliphatic hydroxyl groups excluding tert-OH is 3. The van der Waals surface area contributed by atoms with Crippen molar-refractivity contribution < 1.29 is 25.5 Å². The van der Waals surface area contributed by atoms with E-state index in [1.807, 2.05) is 19.9 Å². The molecule has 7 atom stereocenters. The van der Waals surface area contributed by atoms with E-state index >= 15 is 0 Å². The maximum Gasteiger partial charge on any atom is 0.0990 e. The minimum Gasteiger partial charge on any atom is -0.393 e. The van der Waals surface area contributed by atoms with Crippen LogP contribution in [0.5, 0.6) is 0 Å². The molecule has 0 aromatic rings. The standard InChI is InChI=1S/C27H44O5/c1-17(2)13-22(29)16-26(5,31)27(32)12-10-23-19(7-6-11-25(23,27)4)8-9-20-14-21(28)15-24(30)18(20)3/h8-9,17,21-24,28-32H,3,6-7,10-16H2,1-2,4-5H3/t21-,22?,23-,24+,25-,26-,27+/m0/s1. The van der Waals surface area contributed by atoms with Gasteiger partial charge in [0.05, 0.1) is 29.5 Å². The topological polar surface area (TPSA) is 101 Å². The first-order valence-corrected chi connectivity index (χ1v) is 12.4. The summed E-state index contributed by atoms with van der Waals surface area (Å²) in [7, 11) is 0. The first-order valence-electron chi connectivity index (χ1n) is 12.4. The Bertz CT molecular complexity index is 766. The van der Waals surface area contributed by atoms with Gasteiger partial charge in [-0.3, -0.25) is 0 Å². The van der Waals surface area contributed by atoms with Crippen LogP contribution in [0.25, 0.3) is 0 Å². The summed E-state index contributed by atoms with van der Waals surface area (Å²) >= 11 is 0. The van der Waals surface area contributed by atoms with E-state index in [1.165, 1.54) is 5.57 Å². The van der Waals surface area contributed by atoms with E-state index < -0.39 is 34.9 Å². The van der Waals surface area contributed by atoms with Crippen LogP contribution in [-0.4, -0.2) is 55.0 Å². The second-order valence-electron chi connectivity index (χ2n) is 11.6. The smallest absolute Gasteiger partial charge is 0.0990 e. The molecule has 0 radical (unpaired) electrons. The monoisotopic (exact) mass is 448 g/mol. The van der Waals surface area contributed by atoms with Crippen LogP contribution in [0.15, 0.2) is 35.5 Å². The molecule has 0 aromatic carbocycles. The van der Waals surface area contributed by atoms with Crippen LogP contribution in [0.3, 0.4) is 0 Å². The summed E-state index contributed by atoms with van der Waals surface area (Å²) < 4.78 is 0. The lowest BCUT2D eigenvalue weighted by atomic mass is 9.57. The van der Waals surface area contributed by atoms with Crippen molar-refractivity contribution in [3.05, 3.63) is 35.5 Å². The Balaban J connectivity index is 1.85. The van der Waals surface area contributed by atoms with E-state index in [1.54, 1.807) is 6.92 Å². The minimum atomic E-state index is -1.38. The van der Waals surface area contributed by atoms with Gasteiger partial charge in [-0.15, -0.1) is 0 Å². The zero-order chi connectivity index (χ0) is 23.9. The summed E-state index contributed by atoms with van der Waals surface area (Å²) in [6, 6.07) is 0. The molecule has 182 valence electrons. The van der Waals surface area contributed by atoms with Gasteiger partial charge in [0, 0.05) is 18.3 Å². The van der Waals surface area contributed by atoms with E-state index in [4.69, 9.17) is 0 Å². The molecule has 1 unspecified atom stereocenters. The summed E-state index contributed by atoms with van der Waals surface area (Å²) in [5.41, 5.74) is -0.306. The lowest BCUT2D eigenvalue weighted by Crippen LogP contribution is -2.62. The number of allylic oxidation sites excluding steroid dienone is 3. The highest BCUT2D eigenvalue weighted by molar-refractivity contribution is 5.39. The molecule has 0 amide bonds. The van der Waals surface area contributed by atoms with E-state index in [-0.39, 0.29) is 12.3 Å². The van der Waals surface area contributed by atoms with Crippen LogP contribution >= 0.6 is 0 Å². The molecular formula is C27H44O5. The number of aliphatic hydroxyl groups is 5. The molecule has 5 nitrogen and oxygen atoms in total. The molecule has 3 saturated carbocycles. The highest BCUT2D eigenvalue weighted by Crippen LogP contribution is 2.63. The van der Waals surface area contributed by atoms with Crippen molar-refractivity contribution in [1.82, 2.24) is 0 Å². The van der Waals surface area contributed by atoms with E-state index in [2.05, 4.69) is 19.6 Å². The number of hydrogen-bond acceptors (Lipinski definition) is 5. The molecule has 3 fully saturated rings. The molecule has 5 heteroatoms. The quantitative estimate of drug-likeness (QED) is 0.426. The molecule has 0 spiro atoms. The Morgan fingerprint density at radius 1 is 1.22 bits per heavy atom. The summed E-state index contributed by atoms with van der Waals surface area (Å²) in [6.45, 7) is 11.9. The van der Waals surface area contributed by atoms with Crippen molar-refractivity contribution in [2.45, 2.75) is 115 Å². The zero-order valence-electron chi connectivity index (χ0n) is 20.3. The third-order valence-corrected chi connectivity index (χ3v) is 8.65. The van der Waals surface area contributed by atoms with Gasteiger partial charge in [-0.25, -0.2) is 0 Å². The first-order chi connectivity index (χ1) is 14.8. The van der Waals surface area contributed by atoms with Crippen LogP contribution in [0, 0.1) is 17.3 Å².